The van der Waals surface area contributed by atoms with E-state index < -0.39 is 0 Å². The summed E-state index contributed by atoms with van der Waals surface area (Å²) in [6.45, 7) is 0. The van der Waals surface area contributed by atoms with Gasteiger partial charge in [-0.05, 0) is 47.9 Å². The van der Waals surface area contributed by atoms with Crippen LogP contribution >= 0.6 is 0 Å². The molecule has 0 aliphatic rings. The van der Waals surface area contributed by atoms with E-state index >= 15 is 0 Å². The lowest BCUT2D eigenvalue weighted by Gasteiger charge is -2.10. The highest BCUT2D eigenvalue weighted by Crippen LogP contribution is 2.43. The van der Waals surface area contributed by atoms with Gasteiger partial charge in [0.25, 0.3) is 0 Å². The summed E-state index contributed by atoms with van der Waals surface area (Å²) in [5.74, 6) is 0.931. The molecule has 0 amide bonds. The molecule has 0 radical (unpaired) electrons. The molecule has 3 nitrogen and oxygen atoms in total. The van der Waals surface area contributed by atoms with Gasteiger partial charge < -0.3 is 4.57 Å². The monoisotopic (exact) mass is 459 g/mol. The smallest absolute Gasteiger partial charge is 0.137 e. The van der Waals surface area contributed by atoms with E-state index in [1.165, 1.54) is 60.1 Å². The highest BCUT2D eigenvalue weighted by molar-refractivity contribution is 6.31. The number of pyridine rings is 1. The van der Waals surface area contributed by atoms with Crippen molar-refractivity contribution < 1.29 is 0 Å². The summed E-state index contributed by atoms with van der Waals surface area (Å²) in [5.41, 5.74) is 5.96. The predicted molar refractivity (Wildman–Crippen MR) is 150 cm³/mol. The molecule has 0 unspecified atom stereocenters. The Bertz CT molecular complexity index is 2080. The van der Waals surface area contributed by atoms with Crippen molar-refractivity contribution in [1.29, 1.82) is 0 Å². The molecule has 8 rings (SSSR count). The number of rotatable bonds is 2. The van der Waals surface area contributed by atoms with Gasteiger partial charge in [0.15, 0.2) is 0 Å². The van der Waals surface area contributed by atoms with E-state index in [2.05, 4.69) is 124 Å². The minimum absolute atomic E-state index is 0.931. The molecular weight excluding hydrogens is 438 g/mol. The Hall–Kier alpha value is -4.89. The molecule has 0 N–H and O–H groups in total. The number of benzene rings is 5. The fraction of sp³-hybridized carbons (Fsp3) is 0. The second kappa shape index (κ2) is 7.30. The average molecular weight is 460 g/mol. The van der Waals surface area contributed by atoms with Crippen molar-refractivity contribution in [3.05, 3.63) is 128 Å². The van der Waals surface area contributed by atoms with Gasteiger partial charge >= 0.3 is 0 Å². The van der Waals surface area contributed by atoms with Gasteiger partial charge in [-0.1, -0.05) is 78.9 Å². The number of para-hydroxylation sites is 2. The maximum atomic E-state index is 4.72. The predicted octanol–water partition coefficient (Wildman–Crippen LogP) is 8.43. The first-order valence-corrected chi connectivity index (χ1v) is 12.2. The van der Waals surface area contributed by atoms with Crippen LogP contribution < -0.4 is 0 Å². The number of nitrogens with zero attached hydrogens (tertiary/aromatic N) is 3. The van der Waals surface area contributed by atoms with E-state index in [0.29, 0.717) is 0 Å². The van der Waals surface area contributed by atoms with Gasteiger partial charge in [-0.25, -0.2) is 4.98 Å². The molecule has 3 heterocycles. The van der Waals surface area contributed by atoms with Crippen molar-refractivity contribution in [2.45, 2.75) is 0 Å². The minimum Gasteiger partial charge on any atom is -0.309 e. The van der Waals surface area contributed by atoms with Crippen LogP contribution in [-0.2, 0) is 0 Å². The summed E-state index contributed by atoms with van der Waals surface area (Å²) in [5, 5.41) is 7.56. The Morgan fingerprint density at radius 2 is 1.14 bits per heavy atom. The molecule has 36 heavy (non-hydrogen) atoms. The Labute approximate surface area is 207 Å². The van der Waals surface area contributed by atoms with Gasteiger partial charge in [0.05, 0.1) is 22.1 Å². The molecule has 0 spiro atoms. The summed E-state index contributed by atoms with van der Waals surface area (Å²) in [6, 6.07) is 43.2. The van der Waals surface area contributed by atoms with Gasteiger partial charge in [0.1, 0.15) is 5.82 Å². The lowest BCUT2D eigenvalue weighted by atomic mass is 10.0. The first-order chi connectivity index (χ1) is 17.9. The molecule has 0 aliphatic heterocycles. The van der Waals surface area contributed by atoms with Crippen LogP contribution in [-0.4, -0.2) is 14.1 Å². The van der Waals surface area contributed by atoms with Crippen molar-refractivity contribution in [3.63, 3.8) is 0 Å². The molecule has 168 valence electrons. The second-order valence-electron chi connectivity index (χ2n) is 9.25. The van der Waals surface area contributed by atoms with Crippen molar-refractivity contribution in [2.75, 3.05) is 0 Å². The van der Waals surface area contributed by atoms with E-state index in [0.717, 1.165) is 5.82 Å². The SMILES string of the molecule is c1ccc(-n2c3ccc4c(c5ccccc5n4-c4ccccn4)c3c3ccc4ccccc4c32)cc1. The average Bonchev–Trinajstić information content (AvgIpc) is 3.47. The molecular formula is C33H21N3. The highest BCUT2D eigenvalue weighted by Gasteiger charge is 2.21. The first-order valence-electron chi connectivity index (χ1n) is 12.2. The van der Waals surface area contributed by atoms with Gasteiger partial charge in [-0.15, -0.1) is 0 Å². The summed E-state index contributed by atoms with van der Waals surface area (Å²) in [7, 11) is 0. The molecule has 5 aromatic carbocycles. The van der Waals surface area contributed by atoms with E-state index in [-0.39, 0.29) is 0 Å². The third-order valence-corrected chi connectivity index (χ3v) is 7.34. The quantitative estimate of drug-likeness (QED) is 0.254. The lowest BCUT2D eigenvalue weighted by Crippen LogP contribution is -1.96. The van der Waals surface area contributed by atoms with Crippen LogP contribution in [0, 0.1) is 0 Å². The maximum absolute atomic E-state index is 4.72. The third-order valence-electron chi connectivity index (χ3n) is 7.34. The zero-order valence-electron chi connectivity index (χ0n) is 19.5. The van der Waals surface area contributed by atoms with Crippen LogP contribution in [0.25, 0.3) is 65.9 Å². The number of hydrogen-bond donors (Lipinski definition) is 0. The first kappa shape index (κ1) is 19.4. The Morgan fingerprint density at radius 3 is 1.97 bits per heavy atom. The maximum Gasteiger partial charge on any atom is 0.137 e. The van der Waals surface area contributed by atoms with E-state index in [1.807, 2.05) is 12.3 Å². The van der Waals surface area contributed by atoms with Crippen LogP contribution in [0.2, 0.25) is 0 Å². The Balaban J connectivity index is 1.66. The standard InChI is InChI=1S/C33H21N3/c1-2-11-23(12-3-1)35-28-19-20-29-31(32(28)26-18-17-22-10-4-5-13-24(22)33(26)35)25-14-6-7-15-27(25)36(29)30-16-8-9-21-34-30/h1-21H. The lowest BCUT2D eigenvalue weighted by molar-refractivity contribution is 1.08. The third kappa shape index (κ3) is 2.54. The van der Waals surface area contributed by atoms with E-state index in [1.54, 1.807) is 0 Å². The second-order valence-corrected chi connectivity index (χ2v) is 9.25. The Kier molecular flexibility index (Phi) is 3.94. The van der Waals surface area contributed by atoms with Crippen LogP contribution in [0.4, 0.5) is 0 Å². The highest BCUT2D eigenvalue weighted by atomic mass is 15.1. The van der Waals surface area contributed by atoms with Gasteiger partial charge in [0.2, 0.25) is 0 Å². The Morgan fingerprint density at radius 1 is 0.444 bits per heavy atom. The van der Waals surface area contributed by atoms with Gasteiger partial charge in [-0.2, -0.15) is 0 Å². The fourth-order valence-corrected chi connectivity index (χ4v) is 5.90. The van der Waals surface area contributed by atoms with E-state index in [9.17, 15) is 0 Å². The van der Waals surface area contributed by atoms with Crippen LogP contribution in [0.3, 0.4) is 0 Å². The van der Waals surface area contributed by atoms with Gasteiger partial charge in [-0.3, -0.25) is 4.57 Å². The fourth-order valence-electron chi connectivity index (χ4n) is 5.90. The van der Waals surface area contributed by atoms with Crippen molar-refractivity contribution >= 4 is 54.4 Å². The van der Waals surface area contributed by atoms with E-state index in [4.69, 9.17) is 4.98 Å². The molecule has 0 atom stereocenters. The van der Waals surface area contributed by atoms with Crippen LogP contribution in [0.15, 0.2) is 128 Å². The van der Waals surface area contributed by atoms with Gasteiger partial charge in [0, 0.05) is 38.8 Å². The van der Waals surface area contributed by atoms with Crippen molar-refractivity contribution in [1.82, 2.24) is 14.1 Å². The van der Waals surface area contributed by atoms with Crippen molar-refractivity contribution in [3.8, 4) is 11.5 Å². The number of hydrogen-bond acceptors (Lipinski definition) is 1. The molecule has 0 saturated heterocycles. The summed E-state index contributed by atoms with van der Waals surface area (Å²) in [6.07, 6.45) is 1.86. The molecule has 0 aliphatic carbocycles. The van der Waals surface area contributed by atoms with Crippen molar-refractivity contribution in [2.24, 2.45) is 0 Å². The topological polar surface area (TPSA) is 22.8 Å². The normalized spacial score (nSPS) is 11.9. The summed E-state index contributed by atoms with van der Waals surface area (Å²) in [4.78, 5) is 4.72. The zero-order chi connectivity index (χ0) is 23.6. The van der Waals surface area contributed by atoms with Crippen LogP contribution in [0.1, 0.15) is 0 Å². The molecule has 0 saturated carbocycles. The molecule has 8 aromatic rings. The minimum atomic E-state index is 0.931. The number of fused-ring (bicyclic) bond motifs is 9. The zero-order valence-corrected chi connectivity index (χ0v) is 19.5. The molecule has 0 fully saturated rings. The molecule has 0 bridgehead atoms. The molecule has 3 heteroatoms. The summed E-state index contributed by atoms with van der Waals surface area (Å²) < 4.78 is 4.72. The summed E-state index contributed by atoms with van der Waals surface area (Å²) >= 11 is 0. The molecule has 3 aromatic heterocycles. The number of aromatic nitrogens is 3. The largest absolute Gasteiger partial charge is 0.309 e. The van der Waals surface area contributed by atoms with Crippen LogP contribution in [0.5, 0.6) is 0 Å².